The van der Waals surface area contributed by atoms with Crippen molar-refractivity contribution in [3.8, 4) is 0 Å². The average molecular weight is 230 g/mol. The lowest BCUT2D eigenvalue weighted by molar-refractivity contribution is -0.141. The smallest absolute Gasteiger partial charge is 0.307 e. The molecular weight excluding hydrogens is 216 g/mol. The number of rotatable bonds is 4. The molecule has 4 heteroatoms. The van der Waals surface area contributed by atoms with Crippen LogP contribution in [-0.4, -0.2) is 22.6 Å². The molecule has 0 radical (unpaired) electrons. The molecule has 17 heavy (non-hydrogen) atoms. The summed E-state index contributed by atoms with van der Waals surface area (Å²) in [6, 6.07) is 9.78. The number of nitrogens with zero attached hydrogens (tertiary/aromatic N) is 2. The summed E-state index contributed by atoms with van der Waals surface area (Å²) < 4.78 is 6.64. The third-order valence-electron chi connectivity index (χ3n) is 2.66. The Morgan fingerprint density at radius 3 is 2.76 bits per heavy atom. The maximum atomic E-state index is 11.4. The van der Waals surface area contributed by atoms with Crippen molar-refractivity contribution in [1.29, 1.82) is 0 Å². The largest absolute Gasteiger partial charge is 0.469 e. The summed E-state index contributed by atoms with van der Waals surface area (Å²) in [5, 5.41) is 0. The van der Waals surface area contributed by atoms with Gasteiger partial charge in [-0.25, -0.2) is 4.98 Å². The number of imidazole rings is 1. The fourth-order valence-electron chi connectivity index (χ4n) is 1.77. The SMILES string of the molecule is COC(=O)CC(c1ccccc1)n1ccnc1. The van der Waals surface area contributed by atoms with Crippen LogP contribution >= 0.6 is 0 Å². The Kier molecular flexibility index (Phi) is 3.55. The van der Waals surface area contributed by atoms with E-state index in [9.17, 15) is 4.79 Å². The van der Waals surface area contributed by atoms with E-state index in [-0.39, 0.29) is 12.0 Å². The van der Waals surface area contributed by atoms with Gasteiger partial charge in [0.2, 0.25) is 0 Å². The molecule has 0 N–H and O–H groups in total. The lowest BCUT2D eigenvalue weighted by atomic mass is 10.0. The van der Waals surface area contributed by atoms with Gasteiger partial charge in [0.25, 0.3) is 0 Å². The quantitative estimate of drug-likeness (QED) is 0.755. The van der Waals surface area contributed by atoms with Gasteiger partial charge in [-0.3, -0.25) is 4.79 Å². The molecule has 1 atom stereocenters. The van der Waals surface area contributed by atoms with Gasteiger partial charge in [-0.2, -0.15) is 0 Å². The first-order valence-electron chi connectivity index (χ1n) is 5.40. The third-order valence-corrected chi connectivity index (χ3v) is 2.66. The molecule has 0 saturated heterocycles. The van der Waals surface area contributed by atoms with Crippen molar-refractivity contribution in [2.45, 2.75) is 12.5 Å². The maximum Gasteiger partial charge on any atom is 0.307 e. The highest BCUT2D eigenvalue weighted by Crippen LogP contribution is 2.21. The van der Waals surface area contributed by atoms with Crippen LogP contribution in [0.2, 0.25) is 0 Å². The van der Waals surface area contributed by atoms with Crippen molar-refractivity contribution in [3.63, 3.8) is 0 Å². The summed E-state index contributed by atoms with van der Waals surface area (Å²) in [4.78, 5) is 15.4. The molecule has 1 heterocycles. The van der Waals surface area contributed by atoms with Crippen LogP contribution in [-0.2, 0) is 9.53 Å². The highest BCUT2D eigenvalue weighted by Gasteiger charge is 2.17. The van der Waals surface area contributed by atoms with E-state index in [0.717, 1.165) is 5.56 Å². The molecule has 0 aliphatic rings. The number of hydrogen-bond donors (Lipinski definition) is 0. The normalized spacial score (nSPS) is 12.1. The fraction of sp³-hybridized carbons (Fsp3) is 0.231. The van der Waals surface area contributed by atoms with Gasteiger partial charge < -0.3 is 9.30 Å². The Hall–Kier alpha value is -2.10. The Morgan fingerprint density at radius 1 is 1.41 bits per heavy atom. The zero-order valence-corrected chi connectivity index (χ0v) is 9.61. The molecule has 0 saturated carbocycles. The van der Waals surface area contributed by atoms with Crippen LogP contribution < -0.4 is 0 Å². The van der Waals surface area contributed by atoms with Crippen LogP contribution in [0.3, 0.4) is 0 Å². The van der Waals surface area contributed by atoms with E-state index < -0.39 is 0 Å². The summed E-state index contributed by atoms with van der Waals surface area (Å²) in [6.07, 6.45) is 5.56. The van der Waals surface area contributed by atoms with Gasteiger partial charge in [0.15, 0.2) is 0 Å². The number of carbonyl (C=O) groups is 1. The highest BCUT2D eigenvalue weighted by molar-refractivity contribution is 5.70. The molecule has 4 nitrogen and oxygen atoms in total. The van der Waals surface area contributed by atoms with E-state index in [1.165, 1.54) is 7.11 Å². The zero-order valence-electron chi connectivity index (χ0n) is 9.61. The number of methoxy groups -OCH3 is 1. The van der Waals surface area contributed by atoms with Gasteiger partial charge >= 0.3 is 5.97 Å². The highest BCUT2D eigenvalue weighted by atomic mass is 16.5. The van der Waals surface area contributed by atoms with Crippen molar-refractivity contribution >= 4 is 5.97 Å². The third kappa shape index (κ3) is 2.72. The number of carbonyl (C=O) groups excluding carboxylic acids is 1. The summed E-state index contributed by atoms with van der Waals surface area (Å²) in [7, 11) is 1.40. The molecule has 1 aromatic heterocycles. The van der Waals surface area contributed by atoms with Crippen LogP contribution in [0, 0.1) is 0 Å². The molecule has 0 spiro atoms. The molecule has 1 unspecified atom stereocenters. The molecular formula is C13H14N2O2. The minimum atomic E-state index is -0.229. The van der Waals surface area contributed by atoms with Gasteiger partial charge in [0.1, 0.15) is 0 Å². The predicted octanol–water partition coefficient (Wildman–Crippen LogP) is 2.04. The summed E-state index contributed by atoms with van der Waals surface area (Å²) in [5.74, 6) is -0.229. The zero-order chi connectivity index (χ0) is 12.1. The van der Waals surface area contributed by atoms with Crippen molar-refractivity contribution in [2.24, 2.45) is 0 Å². The van der Waals surface area contributed by atoms with Crippen LogP contribution in [0.5, 0.6) is 0 Å². The van der Waals surface area contributed by atoms with Crippen molar-refractivity contribution in [2.75, 3.05) is 7.11 Å². The van der Waals surface area contributed by atoms with Crippen LogP contribution in [0.25, 0.3) is 0 Å². The Labute approximate surface area is 99.9 Å². The molecule has 0 bridgehead atoms. The Bertz CT molecular complexity index is 465. The minimum absolute atomic E-state index is 0.0638. The van der Waals surface area contributed by atoms with Crippen LogP contribution in [0.15, 0.2) is 49.1 Å². The second-order valence-corrected chi connectivity index (χ2v) is 3.72. The number of ether oxygens (including phenoxy) is 1. The topological polar surface area (TPSA) is 44.1 Å². The maximum absolute atomic E-state index is 11.4. The number of benzene rings is 1. The van der Waals surface area contributed by atoms with Gasteiger partial charge in [-0.1, -0.05) is 30.3 Å². The fourth-order valence-corrected chi connectivity index (χ4v) is 1.77. The first-order chi connectivity index (χ1) is 8.31. The van der Waals surface area contributed by atoms with E-state index >= 15 is 0 Å². The molecule has 0 aliphatic heterocycles. The first-order valence-corrected chi connectivity index (χ1v) is 5.40. The van der Waals surface area contributed by atoms with Gasteiger partial charge in [-0.05, 0) is 5.56 Å². The minimum Gasteiger partial charge on any atom is -0.469 e. The predicted molar refractivity (Wildman–Crippen MR) is 63.4 cm³/mol. The van der Waals surface area contributed by atoms with E-state index in [2.05, 4.69) is 4.98 Å². The molecule has 2 aromatic rings. The van der Waals surface area contributed by atoms with E-state index in [1.54, 1.807) is 12.5 Å². The van der Waals surface area contributed by atoms with Crippen LogP contribution in [0.4, 0.5) is 0 Å². The van der Waals surface area contributed by atoms with Gasteiger partial charge in [0, 0.05) is 12.4 Å². The molecule has 1 aromatic carbocycles. The monoisotopic (exact) mass is 230 g/mol. The van der Waals surface area contributed by atoms with Crippen molar-refractivity contribution < 1.29 is 9.53 Å². The number of hydrogen-bond acceptors (Lipinski definition) is 3. The Morgan fingerprint density at radius 2 is 2.18 bits per heavy atom. The lowest BCUT2D eigenvalue weighted by Gasteiger charge is -2.17. The molecule has 88 valence electrons. The standard InChI is InChI=1S/C13H14N2O2/c1-17-13(16)9-12(15-8-7-14-10-15)11-5-3-2-4-6-11/h2-8,10,12H,9H2,1H3. The summed E-state index contributed by atoms with van der Waals surface area (Å²) in [5.41, 5.74) is 1.07. The van der Waals surface area contributed by atoms with Gasteiger partial charge in [0.05, 0.1) is 25.9 Å². The van der Waals surface area contributed by atoms with Crippen molar-refractivity contribution in [1.82, 2.24) is 9.55 Å². The van der Waals surface area contributed by atoms with Crippen molar-refractivity contribution in [3.05, 3.63) is 54.6 Å². The molecule has 2 rings (SSSR count). The molecule has 0 amide bonds. The second-order valence-electron chi connectivity index (χ2n) is 3.72. The number of esters is 1. The lowest BCUT2D eigenvalue weighted by Crippen LogP contribution is -2.15. The average Bonchev–Trinajstić information content (AvgIpc) is 2.90. The Balaban J connectivity index is 2.28. The van der Waals surface area contributed by atoms with E-state index in [4.69, 9.17) is 4.74 Å². The van der Waals surface area contributed by atoms with Crippen LogP contribution in [0.1, 0.15) is 18.0 Å². The van der Waals surface area contributed by atoms with Gasteiger partial charge in [-0.15, -0.1) is 0 Å². The number of aromatic nitrogens is 2. The first kappa shape index (κ1) is 11.4. The summed E-state index contributed by atoms with van der Waals surface area (Å²) in [6.45, 7) is 0. The molecule has 0 aliphatic carbocycles. The second kappa shape index (κ2) is 5.30. The molecule has 0 fully saturated rings. The summed E-state index contributed by atoms with van der Waals surface area (Å²) >= 11 is 0. The van der Waals surface area contributed by atoms with E-state index in [0.29, 0.717) is 6.42 Å². The van der Waals surface area contributed by atoms with E-state index in [1.807, 2.05) is 41.1 Å².